The molecule has 2 heterocycles. The zero-order valence-corrected chi connectivity index (χ0v) is 9.59. The summed E-state index contributed by atoms with van der Waals surface area (Å²) in [6.45, 7) is 0.727. The van der Waals surface area contributed by atoms with Gasteiger partial charge in [-0.05, 0) is 12.1 Å². The average molecular weight is 227 g/mol. The predicted octanol–water partition coefficient (Wildman–Crippen LogP) is 1.34. The lowest BCUT2D eigenvalue weighted by Crippen LogP contribution is -2.09. The van der Waals surface area contributed by atoms with Crippen molar-refractivity contribution in [2.45, 2.75) is 6.42 Å². The molecule has 86 valence electrons. The molecule has 0 aliphatic carbocycles. The molecule has 0 radical (unpaired) electrons. The van der Waals surface area contributed by atoms with E-state index in [1.807, 2.05) is 29.9 Å². The van der Waals surface area contributed by atoms with Crippen LogP contribution >= 0.6 is 0 Å². The fourth-order valence-corrected chi connectivity index (χ4v) is 1.58. The van der Waals surface area contributed by atoms with E-state index in [9.17, 15) is 0 Å². The van der Waals surface area contributed by atoms with Gasteiger partial charge >= 0.3 is 0 Å². The molecule has 5 heteroatoms. The van der Waals surface area contributed by atoms with Crippen molar-refractivity contribution >= 4 is 5.69 Å². The summed E-state index contributed by atoms with van der Waals surface area (Å²) >= 11 is 0. The summed E-state index contributed by atoms with van der Waals surface area (Å²) in [6, 6.07) is 5.72. The summed E-state index contributed by atoms with van der Waals surface area (Å²) in [5.41, 5.74) is 1.19. The SMILES string of the molecule is Cn1ccnc1CCNc1cccnc1C#N. The fraction of sp³-hybridized carbons (Fsp3) is 0.250. The van der Waals surface area contributed by atoms with Gasteiger partial charge in [0.15, 0.2) is 5.69 Å². The second-order valence-electron chi connectivity index (χ2n) is 3.64. The van der Waals surface area contributed by atoms with Crippen molar-refractivity contribution in [2.24, 2.45) is 7.05 Å². The molecule has 0 saturated heterocycles. The molecule has 2 aromatic rings. The highest BCUT2D eigenvalue weighted by molar-refractivity contribution is 5.53. The molecule has 0 amide bonds. The minimum Gasteiger partial charge on any atom is -0.382 e. The van der Waals surface area contributed by atoms with E-state index in [4.69, 9.17) is 5.26 Å². The summed E-state index contributed by atoms with van der Waals surface area (Å²) in [5, 5.41) is 12.1. The second-order valence-corrected chi connectivity index (χ2v) is 3.64. The monoisotopic (exact) mass is 227 g/mol. The number of rotatable bonds is 4. The van der Waals surface area contributed by atoms with E-state index < -0.39 is 0 Å². The van der Waals surface area contributed by atoms with Crippen LogP contribution in [-0.4, -0.2) is 21.1 Å². The van der Waals surface area contributed by atoms with Crippen molar-refractivity contribution < 1.29 is 0 Å². The Morgan fingerprint density at radius 2 is 2.29 bits per heavy atom. The van der Waals surface area contributed by atoms with Gasteiger partial charge in [-0.3, -0.25) is 0 Å². The van der Waals surface area contributed by atoms with Gasteiger partial charge in [0.2, 0.25) is 0 Å². The number of aryl methyl sites for hydroxylation is 1. The van der Waals surface area contributed by atoms with Crippen LogP contribution in [0.5, 0.6) is 0 Å². The number of nitriles is 1. The van der Waals surface area contributed by atoms with Gasteiger partial charge in [-0.15, -0.1) is 0 Å². The Labute approximate surface area is 99.7 Å². The minimum absolute atomic E-state index is 0.423. The molecule has 0 unspecified atom stereocenters. The van der Waals surface area contributed by atoms with Gasteiger partial charge in [-0.2, -0.15) is 5.26 Å². The van der Waals surface area contributed by atoms with Crippen LogP contribution in [0.25, 0.3) is 0 Å². The predicted molar refractivity (Wildman–Crippen MR) is 64.4 cm³/mol. The van der Waals surface area contributed by atoms with Gasteiger partial charge in [0, 0.05) is 38.6 Å². The van der Waals surface area contributed by atoms with Crippen molar-refractivity contribution in [2.75, 3.05) is 11.9 Å². The number of imidazole rings is 1. The smallest absolute Gasteiger partial charge is 0.163 e. The van der Waals surface area contributed by atoms with Crippen LogP contribution in [0.15, 0.2) is 30.7 Å². The highest BCUT2D eigenvalue weighted by atomic mass is 15.0. The van der Waals surface area contributed by atoms with Crippen LogP contribution in [0.3, 0.4) is 0 Å². The van der Waals surface area contributed by atoms with E-state index in [2.05, 4.69) is 21.4 Å². The van der Waals surface area contributed by atoms with E-state index in [1.54, 1.807) is 12.4 Å². The molecule has 2 rings (SSSR count). The standard InChI is InChI=1S/C12H13N5/c1-17-8-7-16-12(17)4-6-15-10-3-2-5-14-11(10)9-13/h2-3,5,7-8,15H,4,6H2,1H3. The molecule has 0 atom stereocenters. The molecule has 0 aliphatic heterocycles. The van der Waals surface area contributed by atoms with Gasteiger partial charge in [-0.1, -0.05) is 0 Å². The molecule has 0 spiro atoms. The van der Waals surface area contributed by atoms with E-state index in [-0.39, 0.29) is 0 Å². The third-order valence-corrected chi connectivity index (χ3v) is 2.50. The first-order valence-electron chi connectivity index (χ1n) is 5.36. The Morgan fingerprint density at radius 3 is 3.00 bits per heavy atom. The maximum atomic E-state index is 8.88. The number of anilines is 1. The average Bonchev–Trinajstić information content (AvgIpc) is 2.76. The van der Waals surface area contributed by atoms with Crippen LogP contribution in [0.1, 0.15) is 11.5 Å². The lowest BCUT2D eigenvalue weighted by molar-refractivity contribution is 0.789. The van der Waals surface area contributed by atoms with Gasteiger partial charge in [0.1, 0.15) is 11.9 Å². The first kappa shape index (κ1) is 11.1. The van der Waals surface area contributed by atoms with E-state index in [1.165, 1.54) is 0 Å². The van der Waals surface area contributed by atoms with E-state index >= 15 is 0 Å². The molecule has 0 aliphatic rings. The quantitative estimate of drug-likeness (QED) is 0.856. The Hall–Kier alpha value is -2.35. The van der Waals surface area contributed by atoms with Crippen LogP contribution in [0, 0.1) is 11.3 Å². The maximum absolute atomic E-state index is 8.88. The highest BCUT2D eigenvalue weighted by Gasteiger charge is 2.02. The number of pyridine rings is 1. The zero-order valence-electron chi connectivity index (χ0n) is 9.59. The van der Waals surface area contributed by atoms with E-state index in [0.717, 1.165) is 24.5 Å². The summed E-state index contributed by atoms with van der Waals surface area (Å²) in [6.07, 6.45) is 6.12. The van der Waals surface area contributed by atoms with Crippen molar-refractivity contribution in [1.29, 1.82) is 5.26 Å². The van der Waals surface area contributed by atoms with Crippen LogP contribution in [-0.2, 0) is 13.5 Å². The third-order valence-electron chi connectivity index (χ3n) is 2.50. The normalized spacial score (nSPS) is 9.88. The van der Waals surface area contributed by atoms with Crippen LogP contribution in [0.4, 0.5) is 5.69 Å². The lowest BCUT2D eigenvalue weighted by Gasteiger charge is -2.07. The summed E-state index contributed by atoms with van der Waals surface area (Å²) < 4.78 is 1.98. The van der Waals surface area contributed by atoms with Gasteiger partial charge in [-0.25, -0.2) is 9.97 Å². The Bertz CT molecular complexity index is 538. The Kier molecular flexibility index (Phi) is 3.36. The molecular weight excluding hydrogens is 214 g/mol. The summed E-state index contributed by atoms with van der Waals surface area (Å²) in [4.78, 5) is 8.22. The lowest BCUT2D eigenvalue weighted by atomic mass is 10.3. The Morgan fingerprint density at radius 1 is 1.41 bits per heavy atom. The first-order chi connectivity index (χ1) is 8.31. The summed E-state index contributed by atoms with van der Waals surface area (Å²) in [7, 11) is 1.97. The largest absolute Gasteiger partial charge is 0.382 e. The van der Waals surface area contributed by atoms with Crippen molar-refractivity contribution in [3.8, 4) is 6.07 Å². The van der Waals surface area contributed by atoms with Crippen molar-refractivity contribution in [3.63, 3.8) is 0 Å². The van der Waals surface area contributed by atoms with Crippen LogP contribution < -0.4 is 5.32 Å². The molecule has 0 bridgehead atoms. The molecule has 2 aromatic heterocycles. The minimum atomic E-state index is 0.423. The molecule has 0 aromatic carbocycles. The number of nitrogens with zero attached hydrogens (tertiary/aromatic N) is 4. The molecule has 0 fully saturated rings. The van der Waals surface area contributed by atoms with Crippen molar-refractivity contribution in [1.82, 2.24) is 14.5 Å². The summed E-state index contributed by atoms with van der Waals surface area (Å²) in [5.74, 6) is 1.01. The van der Waals surface area contributed by atoms with Gasteiger partial charge in [0.25, 0.3) is 0 Å². The fourth-order valence-electron chi connectivity index (χ4n) is 1.58. The maximum Gasteiger partial charge on any atom is 0.163 e. The molecule has 1 N–H and O–H groups in total. The molecule has 0 saturated carbocycles. The van der Waals surface area contributed by atoms with Gasteiger partial charge < -0.3 is 9.88 Å². The van der Waals surface area contributed by atoms with Crippen molar-refractivity contribution in [3.05, 3.63) is 42.2 Å². The number of nitrogens with one attached hydrogen (secondary N) is 1. The van der Waals surface area contributed by atoms with E-state index in [0.29, 0.717) is 5.69 Å². The third kappa shape index (κ3) is 2.61. The zero-order chi connectivity index (χ0) is 12.1. The molecule has 17 heavy (non-hydrogen) atoms. The topological polar surface area (TPSA) is 66.5 Å². The molecule has 5 nitrogen and oxygen atoms in total. The number of hydrogen-bond donors (Lipinski definition) is 1. The molecular formula is C12H13N5. The second kappa shape index (κ2) is 5.12. The number of hydrogen-bond acceptors (Lipinski definition) is 4. The highest BCUT2D eigenvalue weighted by Crippen LogP contribution is 2.10. The Balaban J connectivity index is 1.95. The first-order valence-corrected chi connectivity index (χ1v) is 5.36. The van der Waals surface area contributed by atoms with Gasteiger partial charge in [0.05, 0.1) is 5.69 Å². The number of aromatic nitrogens is 3. The van der Waals surface area contributed by atoms with Crippen LogP contribution in [0.2, 0.25) is 0 Å².